The third kappa shape index (κ3) is 4.08. The number of carbonyl (C=O) groups is 1. The zero-order valence-corrected chi connectivity index (χ0v) is 17.5. The van der Waals surface area contributed by atoms with Gasteiger partial charge in [0.2, 0.25) is 5.91 Å². The van der Waals surface area contributed by atoms with Gasteiger partial charge in [-0.25, -0.2) is 9.78 Å². The molecule has 0 saturated carbocycles. The number of rotatable bonds is 5. The van der Waals surface area contributed by atoms with E-state index in [-0.39, 0.29) is 18.1 Å². The number of pyridine rings is 2. The van der Waals surface area contributed by atoms with Crippen molar-refractivity contribution >= 4 is 40.3 Å². The number of nitrogens with one attached hydrogen (secondary N) is 1. The van der Waals surface area contributed by atoms with E-state index in [1.165, 1.54) is 9.13 Å². The number of aromatic nitrogens is 4. The van der Waals surface area contributed by atoms with Crippen molar-refractivity contribution in [1.82, 2.24) is 24.4 Å². The van der Waals surface area contributed by atoms with Crippen molar-refractivity contribution in [3.8, 4) is 11.1 Å². The van der Waals surface area contributed by atoms with Gasteiger partial charge in [-0.05, 0) is 47.5 Å². The summed E-state index contributed by atoms with van der Waals surface area (Å²) in [5.41, 5.74) is 3.19. The topological polar surface area (TPSA) is 81.8 Å². The SMILES string of the molecule is Cn1c(=O)n(CC(=O)NCc2ccncc2)c2ncc(-c3cc(Cl)cc(Cl)c3)cc21. The van der Waals surface area contributed by atoms with E-state index in [0.717, 1.165) is 16.7 Å². The Morgan fingerprint density at radius 2 is 1.77 bits per heavy atom. The Morgan fingerprint density at radius 3 is 2.47 bits per heavy atom. The Hall–Kier alpha value is -3.16. The monoisotopic (exact) mass is 441 g/mol. The minimum Gasteiger partial charge on any atom is -0.350 e. The molecule has 0 fully saturated rings. The first kappa shape index (κ1) is 20.1. The van der Waals surface area contributed by atoms with Crippen LogP contribution in [0.3, 0.4) is 0 Å². The Bertz CT molecular complexity index is 1280. The number of nitrogens with zero attached hydrogens (tertiary/aromatic N) is 4. The van der Waals surface area contributed by atoms with Gasteiger partial charge in [-0.2, -0.15) is 0 Å². The minimum atomic E-state index is -0.321. The molecule has 3 aromatic heterocycles. The van der Waals surface area contributed by atoms with Crippen LogP contribution in [0.2, 0.25) is 10.0 Å². The summed E-state index contributed by atoms with van der Waals surface area (Å²) in [6, 6.07) is 10.7. The molecule has 0 spiro atoms. The maximum atomic E-state index is 12.7. The van der Waals surface area contributed by atoms with Crippen LogP contribution in [0.4, 0.5) is 0 Å². The lowest BCUT2D eigenvalue weighted by Gasteiger charge is -2.07. The minimum absolute atomic E-state index is 0.128. The van der Waals surface area contributed by atoms with E-state index in [0.29, 0.717) is 27.8 Å². The first-order chi connectivity index (χ1) is 14.4. The van der Waals surface area contributed by atoms with E-state index in [1.54, 1.807) is 43.8 Å². The molecule has 3 heterocycles. The first-order valence-electron chi connectivity index (χ1n) is 9.10. The molecular weight excluding hydrogens is 425 g/mol. The number of imidazole rings is 1. The predicted octanol–water partition coefficient (Wildman–Crippen LogP) is 3.42. The van der Waals surface area contributed by atoms with Crippen LogP contribution >= 0.6 is 23.2 Å². The van der Waals surface area contributed by atoms with Gasteiger partial charge in [-0.1, -0.05) is 23.2 Å². The smallest absolute Gasteiger partial charge is 0.330 e. The Balaban J connectivity index is 1.62. The highest BCUT2D eigenvalue weighted by Crippen LogP contribution is 2.28. The summed E-state index contributed by atoms with van der Waals surface area (Å²) in [5, 5.41) is 3.82. The molecule has 4 aromatic rings. The van der Waals surface area contributed by atoms with Gasteiger partial charge in [-0.3, -0.25) is 18.9 Å². The molecule has 0 aliphatic carbocycles. The van der Waals surface area contributed by atoms with Gasteiger partial charge >= 0.3 is 5.69 Å². The van der Waals surface area contributed by atoms with Crippen LogP contribution in [-0.2, 0) is 24.9 Å². The van der Waals surface area contributed by atoms with Crippen molar-refractivity contribution in [2.75, 3.05) is 0 Å². The Kier molecular flexibility index (Phi) is 5.57. The summed E-state index contributed by atoms with van der Waals surface area (Å²) in [7, 11) is 1.65. The molecule has 1 N–H and O–H groups in total. The van der Waals surface area contributed by atoms with Crippen molar-refractivity contribution in [2.45, 2.75) is 13.1 Å². The molecule has 0 radical (unpaired) electrons. The molecule has 9 heteroatoms. The standard InChI is InChI=1S/C21H17Cl2N5O2/c1-27-18-8-15(14-6-16(22)9-17(23)7-14)11-26-20(18)28(21(27)30)12-19(29)25-10-13-2-4-24-5-3-13/h2-9,11H,10,12H2,1H3,(H,25,29). The van der Waals surface area contributed by atoms with E-state index in [9.17, 15) is 9.59 Å². The van der Waals surface area contributed by atoms with E-state index in [2.05, 4.69) is 15.3 Å². The number of fused-ring (bicyclic) bond motifs is 1. The van der Waals surface area contributed by atoms with Crippen molar-refractivity contribution in [3.63, 3.8) is 0 Å². The van der Waals surface area contributed by atoms with Crippen LogP contribution in [0, 0.1) is 0 Å². The van der Waals surface area contributed by atoms with Gasteiger partial charge in [0.05, 0.1) is 5.52 Å². The van der Waals surface area contributed by atoms with Gasteiger partial charge < -0.3 is 5.32 Å². The fourth-order valence-corrected chi connectivity index (χ4v) is 3.72. The van der Waals surface area contributed by atoms with E-state index in [1.807, 2.05) is 18.2 Å². The first-order valence-corrected chi connectivity index (χ1v) is 9.85. The van der Waals surface area contributed by atoms with Crippen molar-refractivity contribution in [2.24, 2.45) is 7.05 Å². The van der Waals surface area contributed by atoms with Gasteiger partial charge in [0.1, 0.15) is 6.54 Å². The lowest BCUT2D eigenvalue weighted by molar-refractivity contribution is -0.121. The molecule has 1 aromatic carbocycles. The second kappa shape index (κ2) is 8.30. The molecule has 1 amide bonds. The summed E-state index contributed by atoms with van der Waals surface area (Å²) in [5.74, 6) is -0.283. The highest BCUT2D eigenvalue weighted by molar-refractivity contribution is 6.35. The molecule has 0 saturated heterocycles. The normalized spacial score (nSPS) is 11.0. The largest absolute Gasteiger partial charge is 0.350 e. The van der Waals surface area contributed by atoms with Gasteiger partial charge in [0.25, 0.3) is 0 Å². The fraction of sp³-hybridized carbons (Fsp3) is 0.143. The Morgan fingerprint density at radius 1 is 1.07 bits per heavy atom. The molecule has 0 bridgehead atoms. The molecule has 152 valence electrons. The summed E-state index contributed by atoms with van der Waals surface area (Å²) in [4.78, 5) is 33.5. The number of hydrogen-bond donors (Lipinski definition) is 1. The van der Waals surface area contributed by atoms with Gasteiger partial charge in [0, 0.05) is 47.8 Å². The second-order valence-corrected chi connectivity index (χ2v) is 7.66. The van der Waals surface area contributed by atoms with Crippen molar-refractivity contribution in [3.05, 3.63) is 81.1 Å². The highest BCUT2D eigenvalue weighted by atomic mass is 35.5. The number of carbonyl (C=O) groups excluding carboxylic acids is 1. The zero-order valence-electron chi connectivity index (χ0n) is 16.0. The summed E-state index contributed by atoms with van der Waals surface area (Å²) >= 11 is 12.2. The number of halogens is 2. The van der Waals surface area contributed by atoms with E-state index >= 15 is 0 Å². The van der Waals surface area contributed by atoms with Crippen LogP contribution in [0.1, 0.15) is 5.56 Å². The zero-order chi connectivity index (χ0) is 21.3. The lowest BCUT2D eigenvalue weighted by Crippen LogP contribution is -2.32. The maximum Gasteiger partial charge on any atom is 0.330 e. The molecule has 30 heavy (non-hydrogen) atoms. The van der Waals surface area contributed by atoms with E-state index in [4.69, 9.17) is 23.2 Å². The van der Waals surface area contributed by atoms with Gasteiger partial charge in [0.15, 0.2) is 5.65 Å². The quantitative estimate of drug-likeness (QED) is 0.514. The molecule has 0 aliphatic heterocycles. The molecule has 0 atom stereocenters. The average Bonchev–Trinajstić information content (AvgIpc) is 2.97. The van der Waals surface area contributed by atoms with Crippen LogP contribution in [0.15, 0.2) is 59.8 Å². The lowest BCUT2D eigenvalue weighted by atomic mass is 10.1. The van der Waals surface area contributed by atoms with Crippen LogP contribution < -0.4 is 11.0 Å². The molecule has 4 rings (SSSR count). The molecule has 0 unspecified atom stereocenters. The van der Waals surface area contributed by atoms with E-state index < -0.39 is 0 Å². The number of aryl methyl sites for hydroxylation is 1. The van der Waals surface area contributed by atoms with Crippen LogP contribution in [0.25, 0.3) is 22.3 Å². The molecular formula is C21H17Cl2N5O2. The number of amides is 1. The molecule has 7 nitrogen and oxygen atoms in total. The van der Waals surface area contributed by atoms with Crippen molar-refractivity contribution in [1.29, 1.82) is 0 Å². The summed E-state index contributed by atoms with van der Waals surface area (Å²) in [6.07, 6.45) is 4.95. The second-order valence-electron chi connectivity index (χ2n) is 6.78. The molecule has 0 aliphatic rings. The fourth-order valence-electron chi connectivity index (χ4n) is 3.20. The van der Waals surface area contributed by atoms with Crippen molar-refractivity contribution < 1.29 is 4.79 Å². The average molecular weight is 442 g/mol. The van der Waals surface area contributed by atoms with Crippen LogP contribution in [-0.4, -0.2) is 25.0 Å². The highest BCUT2D eigenvalue weighted by Gasteiger charge is 2.16. The summed E-state index contributed by atoms with van der Waals surface area (Å²) in [6.45, 7) is 0.227. The third-order valence-corrected chi connectivity index (χ3v) is 5.16. The maximum absolute atomic E-state index is 12.7. The predicted molar refractivity (Wildman–Crippen MR) is 117 cm³/mol. The van der Waals surface area contributed by atoms with Crippen LogP contribution in [0.5, 0.6) is 0 Å². The summed E-state index contributed by atoms with van der Waals surface area (Å²) < 4.78 is 2.82. The van der Waals surface area contributed by atoms with Gasteiger partial charge in [-0.15, -0.1) is 0 Å². The number of benzene rings is 1. The Labute approximate surface area is 181 Å². The third-order valence-electron chi connectivity index (χ3n) is 4.72. The number of hydrogen-bond acceptors (Lipinski definition) is 4.